The molecule has 6 nitrogen and oxygen atoms in total. The molecule has 25 heavy (non-hydrogen) atoms. The maximum atomic E-state index is 13.1. The van der Waals surface area contributed by atoms with Gasteiger partial charge in [0.15, 0.2) is 0 Å². The third-order valence-corrected chi connectivity index (χ3v) is 4.48. The number of benzene rings is 2. The second-order valence-corrected chi connectivity index (χ2v) is 6.20. The van der Waals surface area contributed by atoms with E-state index in [1.165, 1.54) is 5.01 Å². The van der Waals surface area contributed by atoms with Crippen molar-refractivity contribution in [3.05, 3.63) is 60.2 Å². The lowest BCUT2D eigenvalue weighted by Crippen LogP contribution is -2.57. The minimum absolute atomic E-state index is 0.0488. The van der Waals surface area contributed by atoms with Gasteiger partial charge in [0.2, 0.25) is 5.84 Å². The summed E-state index contributed by atoms with van der Waals surface area (Å²) in [6, 6.07) is 17.1. The molecule has 4 rings (SSSR count). The summed E-state index contributed by atoms with van der Waals surface area (Å²) in [5.41, 5.74) is 5.63. The lowest BCUT2D eigenvalue weighted by atomic mass is 10.1. The molecule has 0 aromatic heterocycles. The number of carbonyl (C=O) groups excluding carboxylic acids is 2. The van der Waals surface area contributed by atoms with Crippen LogP contribution in [0.3, 0.4) is 0 Å². The molecule has 2 aliphatic rings. The maximum Gasteiger partial charge on any atom is 0.295 e. The molecule has 1 atom stereocenters. The van der Waals surface area contributed by atoms with Crippen molar-refractivity contribution < 1.29 is 9.59 Å². The molecule has 0 aliphatic carbocycles. The first-order chi connectivity index (χ1) is 12.1. The lowest BCUT2D eigenvalue weighted by Gasteiger charge is -2.30. The Balaban J connectivity index is 1.62. The van der Waals surface area contributed by atoms with Gasteiger partial charge < -0.3 is 4.90 Å². The molecule has 1 unspecified atom stereocenters. The van der Waals surface area contributed by atoms with Gasteiger partial charge in [-0.05, 0) is 37.1 Å². The number of amidine groups is 1. The average molecular weight is 334 g/mol. The van der Waals surface area contributed by atoms with Crippen LogP contribution in [0.1, 0.15) is 12.5 Å². The topological polar surface area (TPSA) is 65.0 Å². The van der Waals surface area contributed by atoms with E-state index in [4.69, 9.17) is 0 Å². The van der Waals surface area contributed by atoms with E-state index in [9.17, 15) is 9.59 Å². The lowest BCUT2D eigenvalue weighted by molar-refractivity contribution is -0.118. The predicted molar refractivity (Wildman–Crippen MR) is 96.5 cm³/mol. The van der Waals surface area contributed by atoms with E-state index < -0.39 is 0 Å². The van der Waals surface area contributed by atoms with Crippen LogP contribution in [0.15, 0.2) is 59.6 Å². The molecule has 126 valence electrons. The summed E-state index contributed by atoms with van der Waals surface area (Å²) in [5.74, 6) is -0.226. The Morgan fingerprint density at radius 3 is 2.64 bits per heavy atom. The van der Waals surface area contributed by atoms with Crippen molar-refractivity contribution >= 4 is 29.0 Å². The quantitative estimate of drug-likeness (QED) is 0.912. The van der Waals surface area contributed by atoms with Crippen LogP contribution in [0.25, 0.3) is 0 Å². The van der Waals surface area contributed by atoms with Crippen molar-refractivity contribution in [2.75, 3.05) is 16.5 Å². The molecular weight excluding hydrogens is 316 g/mol. The highest BCUT2D eigenvalue weighted by Crippen LogP contribution is 2.32. The van der Waals surface area contributed by atoms with Crippen LogP contribution in [0.5, 0.6) is 0 Å². The number of carbonyl (C=O) groups is 2. The number of amides is 2. The van der Waals surface area contributed by atoms with Crippen molar-refractivity contribution in [3.63, 3.8) is 0 Å². The summed E-state index contributed by atoms with van der Waals surface area (Å²) in [6.07, 6.45) is 0.816. The summed E-state index contributed by atoms with van der Waals surface area (Å²) in [6.45, 7) is 1.97. The zero-order chi connectivity index (χ0) is 17.4. The second-order valence-electron chi connectivity index (χ2n) is 6.20. The van der Waals surface area contributed by atoms with Gasteiger partial charge in [0, 0.05) is 11.7 Å². The predicted octanol–water partition coefficient (Wildman–Crippen LogP) is 1.91. The minimum atomic E-state index is -0.217. The van der Waals surface area contributed by atoms with Crippen molar-refractivity contribution in [3.8, 4) is 0 Å². The molecule has 0 saturated heterocycles. The fourth-order valence-corrected chi connectivity index (χ4v) is 3.31. The molecule has 0 fully saturated rings. The Hall–Kier alpha value is -3.15. The van der Waals surface area contributed by atoms with E-state index in [0.717, 1.165) is 17.7 Å². The highest BCUT2D eigenvalue weighted by Gasteiger charge is 2.35. The molecular formula is C19H18N4O2. The van der Waals surface area contributed by atoms with Gasteiger partial charge in [0.25, 0.3) is 11.8 Å². The minimum Gasteiger partial charge on any atom is -0.302 e. The van der Waals surface area contributed by atoms with E-state index in [0.29, 0.717) is 5.69 Å². The zero-order valence-electron chi connectivity index (χ0n) is 13.8. The first-order valence-corrected chi connectivity index (χ1v) is 8.26. The van der Waals surface area contributed by atoms with Gasteiger partial charge in [-0.15, -0.1) is 0 Å². The van der Waals surface area contributed by atoms with Crippen molar-refractivity contribution in [1.82, 2.24) is 5.43 Å². The van der Waals surface area contributed by atoms with Gasteiger partial charge >= 0.3 is 0 Å². The van der Waals surface area contributed by atoms with Crippen LogP contribution in [0.2, 0.25) is 0 Å². The number of para-hydroxylation sites is 2. The summed E-state index contributed by atoms with van der Waals surface area (Å²) in [7, 11) is 0. The highest BCUT2D eigenvalue weighted by atomic mass is 16.2. The smallest absolute Gasteiger partial charge is 0.295 e. The van der Waals surface area contributed by atoms with E-state index in [2.05, 4.69) is 10.4 Å². The first-order valence-electron chi connectivity index (χ1n) is 8.26. The Labute approximate surface area is 145 Å². The van der Waals surface area contributed by atoms with Gasteiger partial charge in [-0.25, -0.2) is 5.01 Å². The zero-order valence-corrected chi connectivity index (χ0v) is 13.8. The molecule has 2 aliphatic heterocycles. The van der Waals surface area contributed by atoms with Crippen molar-refractivity contribution in [2.45, 2.75) is 19.4 Å². The summed E-state index contributed by atoms with van der Waals surface area (Å²) in [4.78, 5) is 31.1. The molecule has 0 radical (unpaired) electrons. The molecule has 2 aromatic carbocycles. The Kier molecular flexibility index (Phi) is 3.72. The number of rotatable bonds is 2. The largest absolute Gasteiger partial charge is 0.302 e. The highest BCUT2D eigenvalue weighted by molar-refractivity contribution is 6.44. The monoisotopic (exact) mass is 334 g/mol. The number of aliphatic imine (C=N–C) groups is 1. The SMILES string of the molecule is CC1Cc2ccccc2N1C(=O)C1=NCC(=O)N(c2ccccc2)N1. The summed E-state index contributed by atoms with van der Waals surface area (Å²) >= 11 is 0. The molecule has 0 bridgehead atoms. The van der Waals surface area contributed by atoms with Gasteiger partial charge in [0.05, 0.1) is 5.69 Å². The molecule has 6 heteroatoms. The molecule has 2 heterocycles. The molecule has 2 aromatic rings. The number of anilines is 2. The van der Waals surface area contributed by atoms with Crippen LogP contribution in [-0.2, 0) is 16.0 Å². The van der Waals surface area contributed by atoms with E-state index >= 15 is 0 Å². The molecule has 1 N–H and O–H groups in total. The number of fused-ring (bicyclic) bond motifs is 1. The van der Waals surface area contributed by atoms with Crippen LogP contribution in [0.4, 0.5) is 11.4 Å². The summed E-state index contributed by atoms with van der Waals surface area (Å²) in [5, 5.41) is 1.38. The van der Waals surface area contributed by atoms with Gasteiger partial charge in [-0.2, -0.15) is 0 Å². The number of hydrogen-bond donors (Lipinski definition) is 1. The number of hydrazine groups is 1. The van der Waals surface area contributed by atoms with Gasteiger partial charge in [-0.3, -0.25) is 20.0 Å². The van der Waals surface area contributed by atoms with Gasteiger partial charge in [0.1, 0.15) is 6.54 Å². The standard InChI is InChI=1S/C19H18N4O2/c1-13-11-14-7-5-6-10-16(14)22(13)19(25)18-20-12-17(24)23(21-18)15-8-3-2-4-9-15/h2-10,13H,11-12H2,1H3,(H,20,21). The van der Waals surface area contributed by atoms with Crippen LogP contribution in [-0.4, -0.2) is 30.2 Å². The molecule has 0 spiro atoms. The van der Waals surface area contributed by atoms with Gasteiger partial charge in [-0.1, -0.05) is 36.4 Å². The molecule has 2 amide bonds. The normalized spacial score (nSPS) is 19.3. The van der Waals surface area contributed by atoms with E-state index in [1.54, 1.807) is 4.90 Å². The third-order valence-electron chi connectivity index (χ3n) is 4.48. The Morgan fingerprint density at radius 1 is 1.12 bits per heavy atom. The maximum absolute atomic E-state index is 13.1. The first kappa shape index (κ1) is 15.4. The fourth-order valence-electron chi connectivity index (χ4n) is 3.31. The Bertz CT molecular complexity index is 863. The van der Waals surface area contributed by atoms with Crippen molar-refractivity contribution in [2.24, 2.45) is 4.99 Å². The van der Waals surface area contributed by atoms with Crippen LogP contribution >= 0.6 is 0 Å². The van der Waals surface area contributed by atoms with Crippen molar-refractivity contribution in [1.29, 1.82) is 0 Å². The third kappa shape index (κ3) is 2.65. The second kappa shape index (κ2) is 6.05. The van der Waals surface area contributed by atoms with Crippen LogP contribution in [0, 0.1) is 0 Å². The molecule has 0 saturated carbocycles. The fraction of sp³-hybridized carbons (Fsp3) is 0.211. The van der Waals surface area contributed by atoms with Crippen LogP contribution < -0.4 is 15.3 Å². The van der Waals surface area contributed by atoms with E-state index in [-0.39, 0.29) is 30.2 Å². The summed E-state index contributed by atoms with van der Waals surface area (Å²) < 4.78 is 0. The number of nitrogens with zero attached hydrogens (tertiary/aromatic N) is 3. The average Bonchev–Trinajstić information content (AvgIpc) is 2.98. The van der Waals surface area contributed by atoms with E-state index in [1.807, 2.05) is 61.5 Å². The number of nitrogens with one attached hydrogen (secondary N) is 1. The Morgan fingerprint density at radius 2 is 1.84 bits per heavy atom. The number of hydrogen-bond acceptors (Lipinski definition) is 4.